The normalized spacial score (nSPS) is 14.8. The lowest BCUT2D eigenvalue weighted by Gasteiger charge is -2.04. The summed E-state index contributed by atoms with van der Waals surface area (Å²) in [5.41, 5.74) is -0.179. The maximum absolute atomic E-state index is 12.7. The van der Waals surface area contributed by atoms with Crippen molar-refractivity contribution in [3.8, 4) is 10.7 Å². The monoisotopic (exact) mass is 410 g/mol. The Hall–Kier alpha value is -1.75. The molecule has 0 spiro atoms. The summed E-state index contributed by atoms with van der Waals surface area (Å²) in [6.07, 6.45) is 1.96. The third-order valence-electron chi connectivity index (χ3n) is 4.12. The quantitative estimate of drug-likeness (QED) is 0.648. The van der Waals surface area contributed by atoms with E-state index in [0.29, 0.717) is 5.82 Å². The van der Waals surface area contributed by atoms with Gasteiger partial charge in [0.1, 0.15) is 4.21 Å². The summed E-state index contributed by atoms with van der Waals surface area (Å²) in [6.45, 7) is 2.17. The molecule has 138 valence electrons. The summed E-state index contributed by atoms with van der Waals surface area (Å²) >= 11 is 2.76. The Labute approximate surface area is 159 Å². The van der Waals surface area contributed by atoms with E-state index in [-0.39, 0.29) is 29.0 Å². The molecule has 26 heavy (non-hydrogen) atoms. The minimum atomic E-state index is -3.55. The second-order valence-electron chi connectivity index (χ2n) is 6.17. The van der Waals surface area contributed by atoms with Crippen LogP contribution in [0.2, 0.25) is 0 Å². The van der Waals surface area contributed by atoms with E-state index in [9.17, 15) is 13.2 Å². The SMILES string of the molecule is Cc1ccc(S(=O)(=O)NCCn2nc(-c3cccs3)n(C3CC3)c2=O)s1. The highest BCUT2D eigenvalue weighted by molar-refractivity contribution is 7.91. The zero-order chi connectivity index (χ0) is 18.3. The van der Waals surface area contributed by atoms with Crippen LogP contribution in [0.15, 0.2) is 38.6 Å². The number of thiophene rings is 2. The molecule has 1 N–H and O–H groups in total. The third-order valence-corrected chi connectivity index (χ3v) is 7.94. The van der Waals surface area contributed by atoms with Crippen LogP contribution in [0.25, 0.3) is 10.7 Å². The van der Waals surface area contributed by atoms with Crippen molar-refractivity contribution < 1.29 is 8.42 Å². The Balaban J connectivity index is 1.52. The van der Waals surface area contributed by atoms with Gasteiger partial charge in [0.2, 0.25) is 10.0 Å². The van der Waals surface area contributed by atoms with Gasteiger partial charge in [-0.2, -0.15) is 0 Å². The van der Waals surface area contributed by atoms with Crippen LogP contribution in [0.1, 0.15) is 23.8 Å². The van der Waals surface area contributed by atoms with E-state index in [1.165, 1.54) is 27.4 Å². The molecule has 0 aromatic carbocycles. The molecule has 1 fully saturated rings. The number of aromatic nitrogens is 3. The second kappa shape index (κ2) is 6.76. The van der Waals surface area contributed by atoms with Gasteiger partial charge >= 0.3 is 5.69 Å². The molecule has 3 heterocycles. The maximum Gasteiger partial charge on any atom is 0.346 e. The molecule has 3 aromatic heterocycles. The van der Waals surface area contributed by atoms with Crippen molar-refractivity contribution in [3.05, 3.63) is 45.0 Å². The van der Waals surface area contributed by atoms with Gasteiger partial charge < -0.3 is 0 Å². The lowest BCUT2D eigenvalue weighted by atomic mass is 10.4. The van der Waals surface area contributed by atoms with Crippen molar-refractivity contribution >= 4 is 32.7 Å². The van der Waals surface area contributed by atoms with Crippen molar-refractivity contribution in [2.45, 2.75) is 36.6 Å². The molecule has 4 rings (SSSR count). The zero-order valence-electron chi connectivity index (χ0n) is 14.1. The topological polar surface area (TPSA) is 86.0 Å². The molecule has 7 nitrogen and oxygen atoms in total. The highest BCUT2D eigenvalue weighted by Crippen LogP contribution is 2.37. The number of nitrogens with zero attached hydrogens (tertiary/aromatic N) is 3. The number of hydrogen-bond donors (Lipinski definition) is 1. The van der Waals surface area contributed by atoms with Gasteiger partial charge in [-0.3, -0.25) is 4.57 Å². The largest absolute Gasteiger partial charge is 0.346 e. The fourth-order valence-electron chi connectivity index (χ4n) is 2.72. The van der Waals surface area contributed by atoms with Gasteiger partial charge in [-0.1, -0.05) is 6.07 Å². The Morgan fingerprint density at radius 1 is 1.31 bits per heavy atom. The Morgan fingerprint density at radius 2 is 2.12 bits per heavy atom. The average Bonchev–Trinajstić information content (AvgIpc) is 3.00. The first-order valence-corrected chi connectivity index (χ1v) is 11.4. The Bertz CT molecular complexity index is 1070. The summed E-state index contributed by atoms with van der Waals surface area (Å²) in [5.74, 6) is 0.671. The van der Waals surface area contributed by atoms with Gasteiger partial charge in [0.25, 0.3) is 0 Å². The summed E-state index contributed by atoms with van der Waals surface area (Å²) in [7, 11) is -3.55. The van der Waals surface area contributed by atoms with Crippen molar-refractivity contribution in [1.82, 2.24) is 19.1 Å². The van der Waals surface area contributed by atoms with Crippen molar-refractivity contribution in [2.75, 3.05) is 6.54 Å². The predicted molar refractivity (Wildman–Crippen MR) is 102 cm³/mol. The molecule has 0 atom stereocenters. The van der Waals surface area contributed by atoms with Gasteiger partial charge in [0.15, 0.2) is 5.82 Å². The molecule has 1 aliphatic rings. The lowest BCUT2D eigenvalue weighted by Crippen LogP contribution is -2.31. The van der Waals surface area contributed by atoms with Crippen molar-refractivity contribution in [1.29, 1.82) is 0 Å². The molecule has 0 bridgehead atoms. The van der Waals surface area contributed by atoms with Crippen LogP contribution in [-0.2, 0) is 16.6 Å². The highest BCUT2D eigenvalue weighted by atomic mass is 32.2. The van der Waals surface area contributed by atoms with Crippen LogP contribution in [-0.4, -0.2) is 29.3 Å². The molecule has 0 radical (unpaired) electrons. The lowest BCUT2D eigenvalue weighted by molar-refractivity contribution is 0.548. The fraction of sp³-hybridized carbons (Fsp3) is 0.375. The van der Waals surface area contributed by atoms with Gasteiger partial charge in [-0.25, -0.2) is 22.6 Å². The minimum absolute atomic E-state index is 0.116. The molecular formula is C16H18N4O3S3. The van der Waals surface area contributed by atoms with Gasteiger partial charge in [-0.15, -0.1) is 27.8 Å². The molecule has 0 aliphatic heterocycles. The third kappa shape index (κ3) is 3.41. The van der Waals surface area contributed by atoms with Crippen LogP contribution in [0.3, 0.4) is 0 Å². The van der Waals surface area contributed by atoms with E-state index in [1.54, 1.807) is 16.7 Å². The van der Waals surface area contributed by atoms with Crippen LogP contribution in [0.4, 0.5) is 0 Å². The smallest absolute Gasteiger partial charge is 0.271 e. The molecule has 0 unspecified atom stereocenters. The maximum atomic E-state index is 12.7. The van der Waals surface area contributed by atoms with Crippen LogP contribution >= 0.6 is 22.7 Å². The van der Waals surface area contributed by atoms with E-state index in [4.69, 9.17) is 0 Å². The number of hydrogen-bond acceptors (Lipinski definition) is 6. The standard InChI is InChI=1S/C16H18N4O3S3/c1-11-4-7-14(25-11)26(22,23)17-8-9-19-16(21)20(12-5-6-12)15(18-19)13-3-2-10-24-13/h2-4,7,10,12,17H,5-6,8-9H2,1H3. The van der Waals surface area contributed by atoms with Crippen molar-refractivity contribution in [2.24, 2.45) is 0 Å². The minimum Gasteiger partial charge on any atom is -0.271 e. The first-order valence-electron chi connectivity index (χ1n) is 8.25. The fourth-order valence-corrected chi connectivity index (χ4v) is 5.77. The molecule has 0 saturated heterocycles. The summed E-state index contributed by atoms with van der Waals surface area (Å²) in [6, 6.07) is 7.44. The summed E-state index contributed by atoms with van der Waals surface area (Å²) in [4.78, 5) is 14.6. The van der Waals surface area contributed by atoms with E-state index in [1.807, 2.05) is 24.4 Å². The van der Waals surface area contributed by atoms with Crippen LogP contribution in [0, 0.1) is 6.92 Å². The van der Waals surface area contributed by atoms with E-state index < -0.39 is 10.0 Å². The summed E-state index contributed by atoms with van der Waals surface area (Å²) < 4.78 is 30.5. The molecule has 1 aliphatic carbocycles. The zero-order valence-corrected chi connectivity index (χ0v) is 16.5. The molecular weight excluding hydrogens is 392 g/mol. The first kappa shape index (κ1) is 17.7. The van der Waals surface area contributed by atoms with Crippen LogP contribution in [0.5, 0.6) is 0 Å². The predicted octanol–water partition coefficient (Wildman–Crippen LogP) is 2.46. The Kier molecular flexibility index (Phi) is 4.59. The molecule has 1 saturated carbocycles. The van der Waals surface area contributed by atoms with Gasteiger partial charge in [-0.05, 0) is 43.3 Å². The first-order chi connectivity index (χ1) is 12.5. The van der Waals surface area contributed by atoms with Crippen LogP contribution < -0.4 is 10.4 Å². The van der Waals surface area contributed by atoms with E-state index >= 15 is 0 Å². The molecule has 3 aromatic rings. The average molecular weight is 411 g/mol. The van der Waals surface area contributed by atoms with E-state index in [0.717, 1.165) is 22.6 Å². The van der Waals surface area contributed by atoms with Gasteiger partial charge in [0, 0.05) is 17.5 Å². The second-order valence-corrected chi connectivity index (χ2v) is 10.4. The Morgan fingerprint density at radius 3 is 2.73 bits per heavy atom. The highest BCUT2D eigenvalue weighted by Gasteiger charge is 2.30. The number of nitrogens with one attached hydrogen (secondary N) is 1. The molecule has 0 amide bonds. The number of aryl methyl sites for hydroxylation is 1. The molecule has 10 heteroatoms. The number of rotatable bonds is 7. The van der Waals surface area contributed by atoms with E-state index in [2.05, 4.69) is 9.82 Å². The van der Waals surface area contributed by atoms with Gasteiger partial charge in [0.05, 0.1) is 11.4 Å². The summed E-state index contributed by atoms with van der Waals surface area (Å²) in [5, 5.41) is 6.41. The number of sulfonamides is 1. The van der Waals surface area contributed by atoms with Crippen molar-refractivity contribution in [3.63, 3.8) is 0 Å².